The van der Waals surface area contributed by atoms with Crippen LogP contribution in [0.25, 0.3) is 28.1 Å². The molecule has 2 aromatic carbocycles. The minimum Gasteiger partial charge on any atom is -0.495 e. The molecule has 1 amide bonds. The standard InChI is InChI=1S/C31H34N8O2/c1-18(2)35-30(40)21-10-12-24(26(14-21)41-5)36-31-34-17-22-11-13-25-27(28(22)37-31)29(39(4)38-25)20-8-6-19(7-9-20)23(15-32)16-33-3/h6-10,12,14-18H,11,13,32H2,1-5H3,(H,35,40)(H,34,36,37). The molecule has 1 aliphatic rings. The van der Waals surface area contributed by atoms with E-state index in [0.717, 1.165) is 57.8 Å². The average Bonchev–Trinajstić information content (AvgIpc) is 3.32. The Morgan fingerprint density at radius 2 is 1.90 bits per heavy atom. The lowest BCUT2D eigenvalue weighted by Crippen LogP contribution is -2.30. The zero-order chi connectivity index (χ0) is 29.1. The summed E-state index contributed by atoms with van der Waals surface area (Å²) in [5.41, 5.74) is 14.7. The van der Waals surface area contributed by atoms with Crippen LogP contribution in [0.1, 0.15) is 41.0 Å². The highest BCUT2D eigenvalue weighted by Crippen LogP contribution is 2.40. The van der Waals surface area contributed by atoms with Crippen molar-refractivity contribution in [3.8, 4) is 28.3 Å². The van der Waals surface area contributed by atoms with Crippen molar-refractivity contribution in [3.05, 3.63) is 77.2 Å². The molecule has 4 aromatic rings. The molecule has 0 fully saturated rings. The van der Waals surface area contributed by atoms with Crippen LogP contribution in [0.2, 0.25) is 0 Å². The van der Waals surface area contributed by atoms with E-state index in [9.17, 15) is 4.79 Å². The van der Waals surface area contributed by atoms with Crippen LogP contribution in [0.3, 0.4) is 0 Å². The minimum atomic E-state index is -0.159. The second-order valence-electron chi connectivity index (χ2n) is 10.1. The molecule has 10 nitrogen and oxygen atoms in total. The molecule has 2 heterocycles. The predicted molar refractivity (Wildman–Crippen MR) is 163 cm³/mol. The highest BCUT2D eigenvalue weighted by Gasteiger charge is 2.27. The molecule has 0 saturated heterocycles. The van der Waals surface area contributed by atoms with Gasteiger partial charge in [-0.3, -0.25) is 14.5 Å². The fourth-order valence-corrected chi connectivity index (χ4v) is 5.03. The van der Waals surface area contributed by atoms with Gasteiger partial charge in [-0.1, -0.05) is 24.3 Å². The van der Waals surface area contributed by atoms with Gasteiger partial charge in [0.2, 0.25) is 5.95 Å². The molecule has 0 radical (unpaired) electrons. The third kappa shape index (κ3) is 5.54. The number of rotatable bonds is 8. The Kier molecular flexibility index (Phi) is 7.82. The summed E-state index contributed by atoms with van der Waals surface area (Å²) in [6, 6.07) is 13.5. The summed E-state index contributed by atoms with van der Waals surface area (Å²) in [5, 5.41) is 11.0. The van der Waals surface area contributed by atoms with Gasteiger partial charge in [-0.15, -0.1) is 0 Å². The van der Waals surface area contributed by atoms with Gasteiger partial charge >= 0.3 is 0 Å². The average molecular weight is 551 g/mol. The smallest absolute Gasteiger partial charge is 0.251 e. The Hall–Kier alpha value is -4.99. The molecule has 0 atom stereocenters. The maximum atomic E-state index is 12.5. The van der Waals surface area contributed by atoms with Crippen LogP contribution < -0.4 is 21.1 Å². The van der Waals surface area contributed by atoms with Crippen molar-refractivity contribution in [3.63, 3.8) is 0 Å². The van der Waals surface area contributed by atoms with Gasteiger partial charge in [0, 0.05) is 61.0 Å². The zero-order valence-corrected chi connectivity index (χ0v) is 23.9. The maximum absolute atomic E-state index is 12.5. The zero-order valence-electron chi connectivity index (χ0n) is 23.9. The summed E-state index contributed by atoms with van der Waals surface area (Å²) < 4.78 is 7.50. The van der Waals surface area contributed by atoms with Crippen molar-refractivity contribution < 1.29 is 9.53 Å². The molecule has 1 aliphatic carbocycles. The third-order valence-electron chi connectivity index (χ3n) is 6.92. The number of aromatic nitrogens is 4. The van der Waals surface area contributed by atoms with Crippen molar-refractivity contribution in [2.24, 2.45) is 17.8 Å². The molecular formula is C31H34N8O2. The number of anilines is 2. The van der Waals surface area contributed by atoms with Gasteiger partial charge < -0.3 is 21.1 Å². The van der Waals surface area contributed by atoms with Crippen LogP contribution in [-0.2, 0) is 19.9 Å². The highest BCUT2D eigenvalue weighted by atomic mass is 16.5. The van der Waals surface area contributed by atoms with Crippen LogP contribution >= 0.6 is 0 Å². The number of allylic oxidation sites excluding steroid dienone is 1. The van der Waals surface area contributed by atoms with Gasteiger partial charge in [-0.2, -0.15) is 5.10 Å². The molecule has 5 rings (SSSR count). The normalized spacial score (nSPS) is 12.8. The number of amides is 1. The number of benzene rings is 2. The summed E-state index contributed by atoms with van der Waals surface area (Å²) >= 11 is 0. The van der Waals surface area contributed by atoms with Crippen molar-refractivity contribution in [2.45, 2.75) is 32.7 Å². The van der Waals surface area contributed by atoms with Crippen LogP contribution in [0.15, 0.2) is 59.9 Å². The Labute approximate surface area is 239 Å². The summed E-state index contributed by atoms with van der Waals surface area (Å²) in [5.74, 6) is 0.786. The monoisotopic (exact) mass is 550 g/mol. The molecule has 0 bridgehead atoms. The number of nitrogens with two attached hydrogens (primary N) is 1. The van der Waals surface area contributed by atoms with E-state index in [0.29, 0.717) is 22.9 Å². The number of fused-ring (bicyclic) bond motifs is 3. The molecule has 0 saturated carbocycles. The summed E-state index contributed by atoms with van der Waals surface area (Å²) in [7, 11) is 5.25. The second kappa shape index (κ2) is 11.6. The number of aryl methyl sites for hydroxylation is 3. The number of hydrogen-bond donors (Lipinski definition) is 3. The number of carbonyl (C=O) groups is 1. The van der Waals surface area contributed by atoms with Gasteiger partial charge in [-0.25, -0.2) is 9.97 Å². The molecule has 4 N–H and O–H groups in total. The lowest BCUT2D eigenvalue weighted by molar-refractivity contribution is 0.0943. The number of aliphatic imine (C=N–C) groups is 1. The second-order valence-corrected chi connectivity index (χ2v) is 10.1. The van der Waals surface area contributed by atoms with Crippen LogP contribution in [0, 0.1) is 0 Å². The lowest BCUT2D eigenvalue weighted by atomic mass is 9.91. The first-order valence-corrected chi connectivity index (χ1v) is 13.5. The molecule has 210 valence electrons. The van der Waals surface area contributed by atoms with E-state index in [-0.39, 0.29) is 11.9 Å². The van der Waals surface area contributed by atoms with Gasteiger partial charge in [0.05, 0.1) is 29.9 Å². The van der Waals surface area contributed by atoms with Crippen molar-refractivity contribution in [1.29, 1.82) is 0 Å². The molecule has 41 heavy (non-hydrogen) atoms. The van der Waals surface area contributed by atoms with Gasteiger partial charge in [-0.05, 0) is 56.0 Å². The molecule has 10 heteroatoms. The van der Waals surface area contributed by atoms with Gasteiger partial charge in [0.25, 0.3) is 5.91 Å². The van der Waals surface area contributed by atoms with Crippen LogP contribution in [0.4, 0.5) is 11.6 Å². The fourth-order valence-electron chi connectivity index (χ4n) is 5.03. The van der Waals surface area contributed by atoms with E-state index in [1.807, 2.05) is 43.9 Å². The first-order chi connectivity index (χ1) is 19.8. The SMILES string of the molecule is CN=CC(=CN)c1ccc(-c2c3c(nn2C)CCc2cnc(Nc4ccc(C(=O)NC(C)C)cc4OC)nc2-3)cc1. The minimum absolute atomic E-state index is 0.0335. The van der Waals surface area contributed by atoms with E-state index < -0.39 is 0 Å². The van der Waals surface area contributed by atoms with Crippen molar-refractivity contribution in [1.82, 2.24) is 25.1 Å². The van der Waals surface area contributed by atoms with E-state index in [2.05, 4.69) is 32.7 Å². The number of methoxy groups -OCH3 is 1. The van der Waals surface area contributed by atoms with E-state index in [4.69, 9.17) is 20.6 Å². The quantitative estimate of drug-likeness (QED) is 0.275. The topological polar surface area (TPSA) is 132 Å². The van der Waals surface area contributed by atoms with Crippen LogP contribution in [0.5, 0.6) is 5.75 Å². The van der Waals surface area contributed by atoms with Crippen molar-refractivity contribution >= 4 is 29.3 Å². The summed E-state index contributed by atoms with van der Waals surface area (Å²) in [4.78, 5) is 26.1. The highest BCUT2D eigenvalue weighted by molar-refractivity contribution is 6.09. The Balaban J connectivity index is 1.50. The number of hydrogen-bond acceptors (Lipinski definition) is 8. The van der Waals surface area contributed by atoms with E-state index in [1.54, 1.807) is 44.8 Å². The first-order valence-electron chi connectivity index (χ1n) is 13.5. The molecule has 0 unspecified atom stereocenters. The maximum Gasteiger partial charge on any atom is 0.251 e. The number of ether oxygens (including phenoxy) is 1. The Morgan fingerprint density at radius 1 is 1.15 bits per heavy atom. The van der Waals surface area contributed by atoms with E-state index in [1.165, 1.54) is 0 Å². The van der Waals surface area contributed by atoms with E-state index >= 15 is 0 Å². The third-order valence-corrected chi connectivity index (χ3v) is 6.92. The molecular weight excluding hydrogens is 516 g/mol. The lowest BCUT2D eigenvalue weighted by Gasteiger charge is -2.18. The number of nitrogens with zero attached hydrogens (tertiary/aromatic N) is 5. The molecule has 0 aliphatic heterocycles. The Bertz CT molecular complexity index is 1650. The van der Waals surface area contributed by atoms with Crippen LogP contribution in [-0.4, -0.2) is 52.1 Å². The van der Waals surface area contributed by atoms with Crippen molar-refractivity contribution in [2.75, 3.05) is 19.5 Å². The fraction of sp³-hybridized carbons (Fsp3) is 0.258. The number of carbonyl (C=O) groups excluding carboxylic acids is 1. The number of nitrogens with one attached hydrogen (secondary N) is 2. The summed E-state index contributed by atoms with van der Waals surface area (Å²) in [6.45, 7) is 3.84. The summed E-state index contributed by atoms with van der Waals surface area (Å²) in [6.07, 6.45) is 6.78. The largest absolute Gasteiger partial charge is 0.495 e. The van der Waals surface area contributed by atoms with Gasteiger partial charge in [0.1, 0.15) is 5.75 Å². The first kappa shape index (κ1) is 27.6. The Morgan fingerprint density at radius 3 is 2.59 bits per heavy atom. The predicted octanol–water partition coefficient (Wildman–Crippen LogP) is 4.53. The van der Waals surface area contributed by atoms with Gasteiger partial charge in [0.15, 0.2) is 0 Å². The molecule has 0 spiro atoms. The molecule has 2 aromatic heterocycles.